The Balaban J connectivity index is 2.53. The van der Waals surface area contributed by atoms with Crippen LogP contribution in [0.25, 0.3) is 0 Å². The van der Waals surface area contributed by atoms with Crippen LogP contribution in [0.5, 0.6) is 0 Å². The molecule has 0 radical (unpaired) electrons. The maximum absolute atomic E-state index is 11.9. The summed E-state index contributed by atoms with van der Waals surface area (Å²) in [6.45, 7) is 0.316. The molecule has 0 saturated heterocycles. The Morgan fingerprint density at radius 2 is 1.86 bits per heavy atom. The highest BCUT2D eigenvalue weighted by molar-refractivity contribution is 7.89. The van der Waals surface area contributed by atoms with Crippen molar-refractivity contribution in [2.24, 2.45) is 0 Å². The van der Waals surface area contributed by atoms with Gasteiger partial charge in [-0.3, -0.25) is 14.9 Å². The van der Waals surface area contributed by atoms with Crippen LogP contribution in [0.4, 0.5) is 5.69 Å². The van der Waals surface area contributed by atoms with E-state index in [1.165, 1.54) is 0 Å². The lowest BCUT2D eigenvalue weighted by molar-refractivity contribution is -0.384. The van der Waals surface area contributed by atoms with Crippen LogP contribution in [0.1, 0.15) is 0 Å². The number of nitrogens with one attached hydrogen (secondary N) is 3. The molecule has 0 fully saturated rings. The molecule has 10 heteroatoms. The minimum Gasteiger partial charge on any atom is -0.354 e. The highest BCUT2D eigenvalue weighted by Gasteiger charge is 2.15. The average Bonchev–Trinajstić information content (AvgIpc) is 2.44. The largest absolute Gasteiger partial charge is 0.354 e. The second-order valence-corrected chi connectivity index (χ2v) is 5.80. The van der Waals surface area contributed by atoms with Gasteiger partial charge in [0.1, 0.15) is 0 Å². The number of nitro benzene ring substituents is 1. The fourth-order valence-electron chi connectivity index (χ4n) is 1.44. The molecule has 116 valence electrons. The molecule has 3 N–H and O–H groups in total. The van der Waals surface area contributed by atoms with E-state index in [0.29, 0.717) is 0 Å². The molecule has 0 aliphatic heterocycles. The van der Waals surface area contributed by atoms with E-state index in [0.717, 1.165) is 24.3 Å². The molecule has 0 unspecified atom stereocenters. The number of nitrogens with zero attached hydrogens (tertiary/aromatic N) is 1. The number of rotatable bonds is 8. The minimum absolute atomic E-state index is 0.0226. The first-order valence-electron chi connectivity index (χ1n) is 6.02. The molecule has 21 heavy (non-hydrogen) atoms. The van der Waals surface area contributed by atoms with Crippen molar-refractivity contribution >= 4 is 21.6 Å². The minimum atomic E-state index is -3.75. The molecule has 1 amide bonds. The van der Waals surface area contributed by atoms with Gasteiger partial charge in [-0.15, -0.1) is 0 Å². The van der Waals surface area contributed by atoms with Crippen molar-refractivity contribution in [2.45, 2.75) is 4.90 Å². The van der Waals surface area contributed by atoms with E-state index in [2.05, 4.69) is 15.4 Å². The van der Waals surface area contributed by atoms with E-state index in [4.69, 9.17) is 0 Å². The second-order valence-electron chi connectivity index (χ2n) is 4.03. The fraction of sp³-hybridized carbons (Fsp3) is 0.364. The van der Waals surface area contributed by atoms with Crippen molar-refractivity contribution in [3.63, 3.8) is 0 Å². The number of sulfonamides is 1. The molecular formula is C11H16N4O5S. The SMILES string of the molecule is CNCC(=O)NCCNS(=O)(=O)c1ccc([N+](=O)[O-])cc1. The molecule has 9 nitrogen and oxygen atoms in total. The molecule has 1 rings (SSSR count). The van der Waals surface area contributed by atoms with Crippen LogP contribution < -0.4 is 15.4 Å². The topological polar surface area (TPSA) is 130 Å². The number of likely N-dealkylation sites (N-methyl/N-ethyl adjacent to an activating group) is 1. The summed E-state index contributed by atoms with van der Waals surface area (Å²) in [5.41, 5.74) is -0.187. The number of hydrogen-bond acceptors (Lipinski definition) is 6. The summed E-state index contributed by atoms with van der Waals surface area (Å²) in [6.07, 6.45) is 0. The van der Waals surface area contributed by atoms with E-state index in [-0.39, 0.29) is 36.1 Å². The van der Waals surface area contributed by atoms with Gasteiger partial charge in [0.15, 0.2) is 0 Å². The molecule has 0 aliphatic carbocycles. The summed E-state index contributed by atoms with van der Waals surface area (Å²) in [4.78, 5) is 20.9. The third-order valence-electron chi connectivity index (χ3n) is 2.43. The monoisotopic (exact) mass is 316 g/mol. The van der Waals surface area contributed by atoms with Crippen LogP contribution in [0.3, 0.4) is 0 Å². The number of benzene rings is 1. The van der Waals surface area contributed by atoms with Crippen LogP contribution in [-0.2, 0) is 14.8 Å². The van der Waals surface area contributed by atoms with E-state index in [1.54, 1.807) is 7.05 Å². The molecule has 0 saturated carbocycles. The Hall–Kier alpha value is -2.04. The summed E-state index contributed by atoms with van der Waals surface area (Å²) in [6, 6.07) is 4.53. The molecule has 0 atom stereocenters. The molecule has 1 aromatic carbocycles. The van der Waals surface area contributed by atoms with Gasteiger partial charge in [-0.2, -0.15) is 0 Å². The normalized spacial score (nSPS) is 11.1. The van der Waals surface area contributed by atoms with E-state index < -0.39 is 14.9 Å². The van der Waals surface area contributed by atoms with Crippen LogP contribution in [0.2, 0.25) is 0 Å². The third kappa shape index (κ3) is 5.45. The van der Waals surface area contributed by atoms with E-state index in [1.807, 2.05) is 0 Å². The molecule has 0 bridgehead atoms. The maximum atomic E-state index is 11.9. The Kier molecular flexibility index (Phi) is 6.21. The van der Waals surface area contributed by atoms with E-state index in [9.17, 15) is 23.3 Å². The van der Waals surface area contributed by atoms with Crippen molar-refractivity contribution in [1.82, 2.24) is 15.4 Å². The Bertz CT molecular complexity index is 600. The first-order chi connectivity index (χ1) is 9.86. The number of nitro groups is 1. The fourth-order valence-corrected chi connectivity index (χ4v) is 2.47. The van der Waals surface area contributed by atoms with Crippen molar-refractivity contribution in [3.8, 4) is 0 Å². The van der Waals surface area contributed by atoms with Gasteiger partial charge in [-0.25, -0.2) is 13.1 Å². The van der Waals surface area contributed by atoms with Crippen molar-refractivity contribution in [2.75, 3.05) is 26.7 Å². The zero-order chi connectivity index (χ0) is 15.9. The Morgan fingerprint density at radius 1 is 1.24 bits per heavy atom. The van der Waals surface area contributed by atoms with Gasteiger partial charge >= 0.3 is 0 Å². The summed E-state index contributed by atoms with van der Waals surface area (Å²) in [7, 11) is -2.13. The number of carbonyl (C=O) groups excluding carboxylic acids is 1. The number of non-ortho nitro benzene ring substituents is 1. The predicted molar refractivity (Wildman–Crippen MR) is 75.2 cm³/mol. The lowest BCUT2D eigenvalue weighted by Gasteiger charge is -2.07. The summed E-state index contributed by atoms with van der Waals surface area (Å²) in [5, 5.41) is 15.7. The smallest absolute Gasteiger partial charge is 0.269 e. The highest BCUT2D eigenvalue weighted by atomic mass is 32.2. The molecule has 0 heterocycles. The molecule has 0 aromatic heterocycles. The molecule has 1 aromatic rings. The zero-order valence-electron chi connectivity index (χ0n) is 11.3. The molecular weight excluding hydrogens is 300 g/mol. The van der Waals surface area contributed by atoms with Gasteiger partial charge in [0.25, 0.3) is 5.69 Å². The third-order valence-corrected chi connectivity index (χ3v) is 3.91. The molecule has 0 spiro atoms. The lowest BCUT2D eigenvalue weighted by atomic mass is 10.3. The summed E-state index contributed by atoms with van der Waals surface area (Å²) in [5.74, 6) is -0.243. The van der Waals surface area contributed by atoms with Crippen molar-refractivity contribution in [3.05, 3.63) is 34.4 Å². The van der Waals surface area contributed by atoms with Gasteiger partial charge in [-0.05, 0) is 19.2 Å². The second kappa shape index (κ2) is 7.67. The first kappa shape index (κ1) is 17.0. The summed E-state index contributed by atoms with van der Waals surface area (Å²) >= 11 is 0. The average molecular weight is 316 g/mol. The van der Waals surface area contributed by atoms with Gasteiger partial charge in [0.2, 0.25) is 15.9 Å². The Labute approximate surface area is 121 Å². The van der Waals surface area contributed by atoms with Gasteiger partial charge in [0.05, 0.1) is 16.4 Å². The van der Waals surface area contributed by atoms with Crippen LogP contribution in [0, 0.1) is 10.1 Å². The van der Waals surface area contributed by atoms with Crippen LogP contribution >= 0.6 is 0 Å². The van der Waals surface area contributed by atoms with Crippen molar-refractivity contribution < 1.29 is 18.1 Å². The molecule has 0 aliphatic rings. The van der Waals surface area contributed by atoms with Crippen molar-refractivity contribution in [1.29, 1.82) is 0 Å². The standard InChI is InChI=1S/C11H16N4O5S/c1-12-8-11(16)13-6-7-14-21(19,20)10-4-2-9(3-5-10)15(17)18/h2-5,12,14H,6-8H2,1H3,(H,13,16). The predicted octanol–water partition coefficient (Wildman–Crippen LogP) is -0.791. The number of carbonyl (C=O) groups is 1. The van der Waals surface area contributed by atoms with Gasteiger partial charge < -0.3 is 10.6 Å². The van der Waals surface area contributed by atoms with E-state index >= 15 is 0 Å². The van der Waals surface area contributed by atoms with Gasteiger partial charge in [0, 0.05) is 25.2 Å². The first-order valence-corrected chi connectivity index (χ1v) is 7.50. The van der Waals surface area contributed by atoms with Crippen LogP contribution in [-0.4, -0.2) is 45.9 Å². The Morgan fingerprint density at radius 3 is 2.38 bits per heavy atom. The van der Waals surface area contributed by atoms with Crippen LogP contribution in [0.15, 0.2) is 29.2 Å². The summed E-state index contributed by atoms with van der Waals surface area (Å²) < 4.78 is 26.0. The lowest BCUT2D eigenvalue weighted by Crippen LogP contribution is -2.38. The number of amides is 1. The van der Waals surface area contributed by atoms with Gasteiger partial charge in [-0.1, -0.05) is 0 Å². The number of hydrogen-bond donors (Lipinski definition) is 3. The maximum Gasteiger partial charge on any atom is 0.269 e. The zero-order valence-corrected chi connectivity index (χ0v) is 12.1. The quantitative estimate of drug-likeness (QED) is 0.327. The highest BCUT2D eigenvalue weighted by Crippen LogP contribution is 2.15.